The molecule has 1 spiro atoms. The van der Waals surface area contributed by atoms with Crippen LogP contribution in [0.15, 0.2) is 36.0 Å². The largest absolute Gasteiger partial charge is 0.458 e. The van der Waals surface area contributed by atoms with E-state index in [9.17, 15) is 9.59 Å². The number of hydrogen-bond donors (Lipinski definition) is 1. The number of esters is 1. The van der Waals surface area contributed by atoms with Crippen molar-refractivity contribution in [2.24, 2.45) is 11.8 Å². The van der Waals surface area contributed by atoms with E-state index < -0.39 is 6.10 Å². The third-order valence-electron chi connectivity index (χ3n) is 8.26. The van der Waals surface area contributed by atoms with Crippen molar-refractivity contribution in [1.29, 1.82) is 0 Å². The highest BCUT2D eigenvalue weighted by molar-refractivity contribution is 5.87. The molecule has 1 aliphatic carbocycles. The normalized spacial score (nSPS) is 32.9. The average molecular weight is 530 g/mol. The van der Waals surface area contributed by atoms with E-state index in [0.29, 0.717) is 32.0 Å². The van der Waals surface area contributed by atoms with Crippen LogP contribution in [-0.4, -0.2) is 61.1 Å². The molecule has 0 radical (unpaired) electrons. The van der Waals surface area contributed by atoms with Crippen molar-refractivity contribution >= 4 is 11.9 Å². The number of amides is 1. The molecule has 3 atom stereocenters. The van der Waals surface area contributed by atoms with Crippen LogP contribution in [0, 0.1) is 11.8 Å². The van der Waals surface area contributed by atoms with Crippen LogP contribution in [0.4, 0.5) is 0 Å². The van der Waals surface area contributed by atoms with E-state index in [-0.39, 0.29) is 41.1 Å². The quantitative estimate of drug-likeness (QED) is 0.191. The summed E-state index contributed by atoms with van der Waals surface area (Å²) in [5, 5.41) is 3.12. The lowest BCUT2D eigenvalue weighted by Gasteiger charge is -2.38. The number of ether oxygens (including phenoxy) is 4. The molecule has 0 bridgehead atoms. The standard InChI is InChI=1S/C31H47NO6/c1-22(6-13-27-19-31(21-36-31)20-30(3,4)38-27)5-8-24-9-11-26(12-10-24)32-28(33)14-7-23(2)37-29(34)25-15-17-35-18-16-25/h5-7,13-14,23-27H,8-12,15-21H2,1-4H3,(H,32,33)/b13-6+,14-7-,22-5+/t23-,24?,26?,27+,31+/m0/s1. The van der Waals surface area contributed by atoms with Gasteiger partial charge in [0, 0.05) is 38.2 Å². The third-order valence-corrected chi connectivity index (χ3v) is 8.26. The van der Waals surface area contributed by atoms with Crippen LogP contribution < -0.4 is 5.32 Å². The molecule has 0 unspecified atom stereocenters. The molecule has 7 heteroatoms. The molecule has 1 saturated carbocycles. The average Bonchev–Trinajstić information content (AvgIpc) is 3.62. The molecular weight excluding hydrogens is 482 g/mol. The van der Waals surface area contributed by atoms with Gasteiger partial charge in [-0.3, -0.25) is 9.59 Å². The summed E-state index contributed by atoms with van der Waals surface area (Å²) in [6.07, 6.45) is 18.2. The zero-order valence-corrected chi connectivity index (χ0v) is 23.7. The van der Waals surface area contributed by atoms with Gasteiger partial charge in [0.05, 0.1) is 29.8 Å². The summed E-state index contributed by atoms with van der Waals surface area (Å²) in [4.78, 5) is 24.6. The van der Waals surface area contributed by atoms with Gasteiger partial charge in [-0.2, -0.15) is 0 Å². The summed E-state index contributed by atoms with van der Waals surface area (Å²) in [7, 11) is 0. The SMILES string of the molecule is CC(/C=C/[C@@H]1C[C@]2(CO2)CC(C)(C)O1)=C\CC1CCC(NC(=O)/C=C\[C@H](C)OC(=O)C2CCOCC2)CC1. The molecule has 38 heavy (non-hydrogen) atoms. The van der Waals surface area contributed by atoms with Crippen LogP contribution in [0.5, 0.6) is 0 Å². The number of hydrogen-bond acceptors (Lipinski definition) is 6. The Hall–Kier alpha value is -1.96. The first-order valence-electron chi connectivity index (χ1n) is 14.6. The maximum Gasteiger partial charge on any atom is 0.309 e. The number of carbonyl (C=O) groups is 2. The topological polar surface area (TPSA) is 86.4 Å². The lowest BCUT2D eigenvalue weighted by Crippen LogP contribution is -2.43. The lowest BCUT2D eigenvalue weighted by molar-refractivity contribution is -0.154. The highest BCUT2D eigenvalue weighted by Gasteiger charge is 2.53. The third kappa shape index (κ3) is 9.06. The summed E-state index contributed by atoms with van der Waals surface area (Å²) in [6.45, 7) is 10.3. The van der Waals surface area contributed by atoms with Gasteiger partial charge in [-0.25, -0.2) is 0 Å². The van der Waals surface area contributed by atoms with E-state index in [4.69, 9.17) is 18.9 Å². The number of nitrogens with one attached hydrogen (secondary N) is 1. The highest BCUT2D eigenvalue weighted by Crippen LogP contribution is 2.46. The number of rotatable bonds is 9. The zero-order chi connectivity index (χ0) is 27.2. The van der Waals surface area contributed by atoms with Crippen molar-refractivity contribution in [2.45, 2.75) is 115 Å². The predicted molar refractivity (Wildman–Crippen MR) is 147 cm³/mol. The second kappa shape index (κ2) is 12.9. The molecule has 1 N–H and O–H groups in total. The molecule has 3 aliphatic heterocycles. The first-order chi connectivity index (χ1) is 18.1. The summed E-state index contributed by atoms with van der Waals surface area (Å²) in [6, 6.07) is 0.206. The molecule has 1 amide bonds. The van der Waals surface area contributed by atoms with Crippen molar-refractivity contribution in [3.05, 3.63) is 36.0 Å². The van der Waals surface area contributed by atoms with E-state index in [1.165, 1.54) is 11.6 Å². The summed E-state index contributed by atoms with van der Waals surface area (Å²) >= 11 is 0. The number of allylic oxidation sites excluding steroid dienone is 3. The Bertz CT molecular complexity index is 897. The van der Waals surface area contributed by atoms with Gasteiger partial charge < -0.3 is 24.3 Å². The zero-order valence-electron chi connectivity index (χ0n) is 23.7. The Morgan fingerprint density at radius 1 is 1.08 bits per heavy atom. The maximum atomic E-state index is 12.4. The van der Waals surface area contributed by atoms with Crippen molar-refractivity contribution in [2.75, 3.05) is 19.8 Å². The minimum Gasteiger partial charge on any atom is -0.458 e. The van der Waals surface area contributed by atoms with Crippen molar-refractivity contribution in [3.63, 3.8) is 0 Å². The minimum absolute atomic E-state index is 0.0496. The first-order valence-corrected chi connectivity index (χ1v) is 14.6. The molecule has 3 heterocycles. The van der Waals surface area contributed by atoms with Gasteiger partial charge in [-0.05, 0) is 84.6 Å². The predicted octanol–water partition coefficient (Wildman–Crippen LogP) is 5.20. The monoisotopic (exact) mass is 529 g/mol. The Balaban J connectivity index is 1.12. The summed E-state index contributed by atoms with van der Waals surface area (Å²) in [5.74, 6) is 0.243. The van der Waals surface area contributed by atoms with E-state index in [2.05, 4.69) is 44.3 Å². The molecule has 0 aromatic heterocycles. The fraction of sp³-hybridized carbons (Fsp3) is 0.742. The van der Waals surface area contributed by atoms with Gasteiger partial charge in [0.25, 0.3) is 0 Å². The minimum atomic E-state index is -0.421. The fourth-order valence-electron chi connectivity index (χ4n) is 6.08. The lowest BCUT2D eigenvalue weighted by atomic mass is 9.83. The van der Waals surface area contributed by atoms with Gasteiger partial charge in [0.15, 0.2) is 0 Å². The van der Waals surface area contributed by atoms with E-state index >= 15 is 0 Å². The van der Waals surface area contributed by atoms with Crippen LogP contribution in [0.3, 0.4) is 0 Å². The van der Waals surface area contributed by atoms with E-state index in [0.717, 1.165) is 51.6 Å². The van der Waals surface area contributed by atoms with Crippen LogP contribution in [0.1, 0.15) is 85.5 Å². The molecule has 4 fully saturated rings. The molecule has 3 saturated heterocycles. The van der Waals surface area contributed by atoms with Crippen LogP contribution in [-0.2, 0) is 28.5 Å². The van der Waals surface area contributed by atoms with E-state index in [1.807, 2.05) is 0 Å². The molecular formula is C31H47NO6. The smallest absolute Gasteiger partial charge is 0.309 e. The van der Waals surface area contributed by atoms with Gasteiger partial charge in [0.2, 0.25) is 5.91 Å². The first kappa shape index (κ1) is 29.0. The number of epoxide rings is 1. The number of carbonyl (C=O) groups excluding carboxylic acids is 2. The highest BCUT2D eigenvalue weighted by atomic mass is 16.6. The second-order valence-electron chi connectivity index (χ2n) is 12.4. The van der Waals surface area contributed by atoms with Gasteiger partial charge in [-0.1, -0.05) is 23.8 Å². The van der Waals surface area contributed by atoms with E-state index in [1.54, 1.807) is 13.0 Å². The maximum absolute atomic E-state index is 12.4. The fourth-order valence-corrected chi connectivity index (χ4v) is 6.08. The molecule has 4 aliphatic rings. The van der Waals surface area contributed by atoms with Gasteiger partial charge in [-0.15, -0.1) is 0 Å². The molecule has 0 aromatic carbocycles. The van der Waals surface area contributed by atoms with Crippen molar-refractivity contribution in [3.8, 4) is 0 Å². The van der Waals surface area contributed by atoms with Gasteiger partial charge in [0.1, 0.15) is 6.10 Å². The van der Waals surface area contributed by atoms with Crippen LogP contribution >= 0.6 is 0 Å². The molecule has 212 valence electrons. The Labute approximate surface area is 228 Å². The van der Waals surface area contributed by atoms with Crippen molar-refractivity contribution in [1.82, 2.24) is 5.32 Å². The Morgan fingerprint density at radius 2 is 1.79 bits per heavy atom. The summed E-state index contributed by atoms with van der Waals surface area (Å²) < 4.78 is 22.8. The van der Waals surface area contributed by atoms with Crippen LogP contribution in [0.25, 0.3) is 0 Å². The Morgan fingerprint density at radius 3 is 2.47 bits per heavy atom. The second-order valence-corrected chi connectivity index (χ2v) is 12.4. The molecule has 4 rings (SSSR count). The molecule has 7 nitrogen and oxygen atoms in total. The Kier molecular flexibility index (Phi) is 9.88. The van der Waals surface area contributed by atoms with Crippen molar-refractivity contribution < 1.29 is 28.5 Å². The summed E-state index contributed by atoms with van der Waals surface area (Å²) in [5.41, 5.74) is 1.18. The molecule has 0 aromatic rings. The van der Waals surface area contributed by atoms with Gasteiger partial charge >= 0.3 is 5.97 Å². The van der Waals surface area contributed by atoms with Crippen LogP contribution in [0.2, 0.25) is 0 Å².